The summed E-state index contributed by atoms with van der Waals surface area (Å²) in [7, 11) is 0. The van der Waals surface area contributed by atoms with Crippen LogP contribution in [-0.2, 0) is 0 Å². The van der Waals surface area contributed by atoms with Crippen LogP contribution >= 0.6 is 0 Å². The summed E-state index contributed by atoms with van der Waals surface area (Å²) in [6.45, 7) is 4.91. The maximum Gasteiger partial charge on any atom is 0.290 e. The second-order valence-corrected chi connectivity index (χ2v) is 6.09. The fourth-order valence-electron chi connectivity index (χ4n) is 2.56. The van der Waals surface area contributed by atoms with Gasteiger partial charge in [0.25, 0.3) is 5.91 Å². The predicted molar refractivity (Wildman–Crippen MR) is 70.9 cm³/mol. The minimum Gasteiger partial charge on any atom is -0.349 e. The largest absolute Gasteiger partial charge is 0.349 e. The van der Waals surface area contributed by atoms with Crippen molar-refractivity contribution in [3.63, 3.8) is 0 Å². The Kier molecular flexibility index (Phi) is 3.26. The smallest absolute Gasteiger partial charge is 0.290 e. The Bertz CT molecular complexity index is 459. The van der Waals surface area contributed by atoms with Crippen LogP contribution in [0, 0.1) is 5.41 Å². The molecule has 6 nitrogen and oxygen atoms in total. The Morgan fingerprint density at radius 1 is 1.53 bits per heavy atom. The molecule has 3 N–H and O–H groups in total. The second-order valence-electron chi connectivity index (χ2n) is 6.09. The van der Waals surface area contributed by atoms with E-state index in [4.69, 9.17) is 0 Å². The lowest BCUT2D eigenvalue weighted by molar-refractivity contribution is 0.0914. The number of nitrogens with one attached hydrogen (secondary N) is 3. The Morgan fingerprint density at radius 2 is 2.37 bits per heavy atom. The van der Waals surface area contributed by atoms with Crippen LogP contribution in [0.4, 0.5) is 0 Å². The molecule has 3 rings (SSSR count). The van der Waals surface area contributed by atoms with Crippen LogP contribution < -0.4 is 10.6 Å². The molecule has 0 radical (unpaired) electrons. The highest BCUT2D eigenvalue weighted by Gasteiger charge is 2.30. The summed E-state index contributed by atoms with van der Waals surface area (Å²) >= 11 is 0. The molecular weight excluding hydrogens is 242 g/mol. The van der Waals surface area contributed by atoms with Crippen molar-refractivity contribution in [3.05, 3.63) is 11.6 Å². The number of aromatic amines is 1. The number of rotatable bonds is 4. The number of H-pyrrole nitrogens is 1. The van der Waals surface area contributed by atoms with E-state index in [-0.39, 0.29) is 17.1 Å². The van der Waals surface area contributed by atoms with Crippen LogP contribution in [0.1, 0.15) is 55.0 Å². The fraction of sp³-hybridized carbons (Fsp3) is 0.769. The van der Waals surface area contributed by atoms with Gasteiger partial charge in [0.2, 0.25) is 5.82 Å². The Morgan fingerprint density at radius 3 is 3.05 bits per heavy atom. The molecule has 1 aliphatic heterocycles. The third kappa shape index (κ3) is 2.94. The lowest BCUT2D eigenvalue weighted by atomic mass is 9.83. The molecule has 1 amide bonds. The number of carbonyl (C=O) groups is 1. The van der Waals surface area contributed by atoms with Crippen LogP contribution in [0.2, 0.25) is 0 Å². The Balaban J connectivity index is 1.55. The van der Waals surface area contributed by atoms with E-state index in [2.05, 4.69) is 32.7 Å². The molecule has 1 atom stereocenters. The molecule has 1 aliphatic carbocycles. The molecule has 1 saturated carbocycles. The van der Waals surface area contributed by atoms with Gasteiger partial charge in [-0.05, 0) is 37.6 Å². The first kappa shape index (κ1) is 12.6. The summed E-state index contributed by atoms with van der Waals surface area (Å²) < 4.78 is 0. The molecule has 19 heavy (non-hydrogen) atoms. The topological polar surface area (TPSA) is 82.7 Å². The van der Waals surface area contributed by atoms with Crippen molar-refractivity contribution in [2.24, 2.45) is 5.41 Å². The second kappa shape index (κ2) is 4.92. The van der Waals surface area contributed by atoms with Gasteiger partial charge in [-0.2, -0.15) is 0 Å². The highest BCUT2D eigenvalue weighted by atomic mass is 16.2. The molecule has 0 bridgehead atoms. The minimum atomic E-state index is -0.171. The van der Waals surface area contributed by atoms with Crippen LogP contribution in [0.5, 0.6) is 0 Å². The van der Waals surface area contributed by atoms with Gasteiger partial charge in [-0.1, -0.05) is 6.92 Å². The molecule has 1 aromatic rings. The van der Waals surface area contributed by atoms with E-state index < -0.39 is 0 Å². The fourth-order valence-corrected chi connectivity index (χ4v) is 2.56. The maximum absolute atomic E-state index is 12.0. The van der Waals surface area contributed by atoms with Gasteiger partial charge in [-0.15, -0.1) is 5.10 Å². The number of hydrogen-bond donors (Lipinski definition) is 3. The first-order valence-electron chi connectivity index (χ1n) is 7.08. The highest BCUT2D eigenvalue weighted by Crippen LogP contribution is 2.37. The monoisotopic (exact) mass is 263 g/mol. The normalized spacial score (nSPS) is 27.2. The first-order chi connectivity index (χ1) is 9.16. The lowest BCUT2D eigenvalue weighted by Gasteiger charge is -2.34. The van der Waals surface area contributed by atoms with E-state index in [0.717, 1.165) is 38.2 Å². The van der Waals surface area contributed by atoms with Gasteiger partial charge in [0, 0.05) is 19.0 Å². The number of hydrogen-bond acceptors (Lipinski definition) is 4. The van der Waals surface area contributed by atoms with Gasteiger partial charge in [0.15, 0.2) is 0 Å². The molecule has 104 valence electrons. The summed E-state index contributed by atoms with van der Waals surface area (Å²) in [6.07, 6.45) is 4.61. The van der Waals surface area contributed by atoms with Crippen molar-refractivity contribution in [2.75, 3.05) is 19.6 Å². The van der Waals surface area contributed by atoms with Gasteiger partial charge in [-0.3, -0.25) is 9.89 Å². The van der Waals surface area contributed by atoms with Crippen molar-refractivity contribution in [1.82, 2.24) is 25.8 Å². The molecule has 2 aliphatic rings. The van der Waals surface area contributed by atoms with Gasteiger partial charge in [0.05, 0.1) is 0 Å². The molecule has 6 heteroatoms. The van der Waals surface area contributed by atoms with Crippen molar-refractivity contribution in [3.8, 4) is 0 Å². The summed E-state index contributed by atoms with van der Waals surface area (Å²) in [6, 6.07) is 0. The van der Waals surface area contributed by atoms with E-state index >= 15 is 0 Å². The van der Waals surface area contributed by atoms with E-state index in [9.17, 15) is 4.79 Å². The minimum absolute atomic E-state index is 0.142. The van der Waals surface area contributed by atoms with Gasteiger partial charge in [-0.25, -0.2) is 4.98 Å². The van der Waals surface area contributed by atoms with Crippen molar-refractivity contribution in [1.29, 1.82) is 0 Å². The molecule has 2 fully saturated rings. The number of amides is 1. The first-order valence-corrected chi connectivity index (χ1v) is 7.08. The zero-order chi connectivity index (χ0) is 13.3. The molecule has 0 spiro atoms. The molecule has 1 aromatic heterocycles. The van der Waals surface area contributed by atoms with E-state index in [0.29, 0.717) is 12.5 Å². The zero-order valence-corrected chi connectivity index (χ0v) is 11.3. The van der Waals surface area contributed by atoms with Crippen LogP contribution in [0.3, 0.4) is 0 Å². The Labute approximate surface area is 112 Å². The van der Waals surface area contributed by atoms with E-state index in [1.807, 2.05) is 0 Å². The lowest BCUT2D eigenvalue weighted by Crippen LogP contribution is -2.45. The van der Waals surface area contributed by atoms with Crippen LogP contribution in [0.25, 0.3) is 0 Å². The molecule has 1 unspecified atom stereocenters. The molecular formula is C13H21N5O. The highest BCUT2D eigenvalue weighted by molar-refractivity contribution is 5.90. The average Bonchev–Trinajstić information content (AvgIpc) is 3.15. The Hall–Kier alpha value is -1.43. The van der Waals surface area contributed by atoms with E-state index in [1.165, 1.54) is 6.42 Å². The van der Waals surface area contributed by atoms with Crippen molar-refractivity contribution in [2.45, 2.75) is 38.5 Å². The number of nitrogens with zero attached hydrogens (tertiary/aromatic N) is 2. The summed E-state index contributed by atoms with van der Waals surface area (Å²) in [5, 5.41) is 13.2. The summed E-state index contributed by atoms with van der Waals surface area (Å²) in [5.41, 5.74) is 0.142. The SMILES string of the molecule is CC1(CNC(=O)c2n[nH]c(C3CC3)n2)CCCNC1. The third-order valence-electron chi connectivity index (χ3n) is 4.03. The average molecular weight is 263 g/mol. The molecule has 0 aromatic carbocycles. The van der Waals surface area contributed by atoms with Crippen molar-refractivity contribution >= 4 is 5.91 Å². The van der Waals surface area contributed by atoms with Gasteiger partial charge in [0.1, 0.15) is 5.82 Å². The molecule has 1 saturated heterocycles. The maximum atomic E-state index is 12.0. The third-order valence-corrected chi connectivity index (χ3v) is 4.03. The quantitative estimate of drug-likeness (QED) is 0.750. The standard InChI is InChI=1S/C13H21N5O/c1-13(5-2-6-14-7-13)8-15-12(19)11-16-10(17-18-11)9-3-4-9/h9,14H,2-8H2,1H3,(H,15,19)(H,16,17,18). The van der Waals surface area contributed by atoms with Crippen molar-refractivity contribution < 1.29 is 4.79 Å². The number of carbonyl (C=O) groups excluding carboxylic acids is 1. The predicted octanol–water partition coefficient (Wildman–Crippen LogP) is 0.802. The number of aromatic nitrogens is 3. The van der Waals surface area contributed by atoms with Gasteiger partial charge < -0.3 is 10.6 Å². The van der Waals surface area contributed by atoms with Gasteiger partial charge >= 0.3 is 0 Å². The number of piperidine rings is 1. The van der Waals surface area contributed by atoms with Crippen LogP contribution in [0.15, 0.2) is 0 Å². The zero-order valence-electron chi connectivity index (χ0n) is 11.3. The van der Waals surface area contributed by atoms with Crippen LogP contribution in [-0.4, -0.2) is 40.7 Å². The molecule has 2 heterocycles. The van der Waals surface area contributed by atoms with E-state index in [1.54, 1.807) is 0 Å². The summed E-state index contributed by atoms with van der Waals surface area (Å²) in [4.78, 5) is 16.3. The summed E-state index contributed by atoms with van der Waals surface area (Å²) in [5.74, 6) is 1.45.